The number of benzene rings is 1. The zero-order valence-corrected chi connectivity index (χ0v) is 16.1. The number of hydrogen-bond acceptors (Lipinski definition) is 8. The standard InChI is InChI=1S/C16H17NO7S2/c1-9-12(14(18)23-3)16(25-13(9)15(19)24-4)26(20,21)17-10-7-5-6-8-11(10)22-2/h5-8,17H,1-4H3. The molecule has 0 saturated carbocycles. The van der Waals surface area contributed by atoms with Gasteiger partial charge in [-0.05, 0) is 24.6 Å². The molecule has 0 amide bonds. The van der Waals surface area contributed by atoms with Crippen LogP contribution in [0.5, 0.6) is 5.75 Å². The van der Waals surface area contributed by atoms with Crippen molar-refractivity contribution >= 4 is 39.0 Å². The molecule has 0 aliphatic rings. The molecule has 0 aliphatic heterocycles. The first-order chi connectivity index (χ1) is 12.3. The molecule has 0 unspecified atom stereocenters. The quantitative estimate of drug-likeness (QED) is 0.743. The highest BCUT2D eigenvalue weighted by atomic mass is 32.2. The molecule has 8 nitrogen and oxygen atoms in total. The van der Waals surface area contributed by atoms with E-state index in [4.69, 9.17) is 4.74 Å². The molecule has 140 valence electrons. The molecule has 26 heavy (non-hydrogen) atoms. The van der Waals surface area contributed by atoms with Gasteiger partial charge >= 0.3 is 11.9 Å². The van der Waals surface area contributed by atoms with Crippen LogP contribution in [0.1, 0.15) is 25.6 Å². The number of sulfonamides is 1. The maximum Gasteiger partial charge on any atom is 0.348 e. The monoisotopic (exact) mass is 399 g/mol. The van der Waals surface area contributed by atoms with Crippen LogP contribution in [0.2, 0.25) is 0 Å². The van der Waals surface area contributed by atoms with Gasteiger partial charge in [0.05, 0.1) is 32.6 Å². The molecule has 2 aromatic rings. The second-order valence-electron chi connectivity index (χ2n) is 5.01. The Labute approximate surface area is 154 Å². The topological polar surface area (TPSA) is 108 Å². The number of para-hydroxylation sites is 2. The smallest absolute Gasteiger partial charge is 0.348 e. The molecule has 0 saturated heterocycles. The van der Waals surface area contributed by atoms with Gasteiger partial charge in [0.25, 0.3) is 10.0 Å². The van der Waals surface area contributed by atoms with E-state index in [1.807, 2.05) is 0 Å². The lowest BCUT2D eigenvalue weighted by atomic mass is 10.2. The summed E-state index contributed by atoms with van der Waals surface area (Å²) in [7, 11) is -0.501. The van der Waals surface area contributed by atoms with Crippen molar-refractivity contribution in [3.05, 3.63) is 40.3 Å². The van der Waals surface area contributed by atoms with E-state index in [1.54, 1.807) is 18.2 Å². The Morgan fingerprint density at radius 2 is 1.65 bits per heavy atom. The number of esters is 2. The van der Waals surface area contributed by atoms with Gasteiger partial charge in [-0.2, -0.15) is 0 Å². The first-order valence-electron chi connectivity index (χ1n) is 7.22. The fourth-order valence-corrected chi connectivity index (χ4v) is 5.04. The van der Waals surface area contributed by atoms with Crippen molar-refractivity contribution in [3.63, 3.8) is 0 Å². The highest BCUT2D eigenvalue weighted by molar-refractivity contribution is 7.94. The Morgan fingerprint density at radius 1 is 1.04 bits per heavy atom. The zero-order chi connectivity index (χ0) is 19.5. The van der Waals surface area contributed by atoms with Crippen molar-refractivity contribution in [1.82, 2.24) is 0 Å². The van der Waals surface area contributed by atoms with E-state index in [0.717, 1.165) is 7.11 Å². The third-order valence-corrected chi connectivity index (χ3v) is 6.63. The van der Waals surface area contributed by atoms with Crippen LogP contribution < -0.4 is 9.46 Å². The molecule has 1 heterocycles. The summed E-state index contributed by atoms with van der Waals surface area (Å²) in [5.41, 5.74) is 0.158. The second-order valence-corrected chi connectivity index (χ2v) is 7.91. The molecule has 1 aromatic heterocycles. The Hall–Kier alpha value is -2.59. The summed E-state index contributed by atoms with van der Waals surface area (Å²) in [5, 5.41) is 0. The summed E-state index contributed by atoms with van der Waals surface area (Å²) < 4.78 is 42.2. The predicted molar refractivity (Wildman–Crippen MR) is 95.5 cm³/mol. The van der Waals surface area contributed by atoms with Crippen LogP contribution in [0.3, 0.4) is 0 Å². The molecular formula is C16H17NO7S2. The number of ether oxygens (including phenoxy) is 3. The number of rotatable bonds is 6. The minimum absolute atomic E-state index is 0.00769. The van der Waals surface area contributed by atoms with Crippen molar-refractivity contribution in [1.29, 1.82) is 0 Å². The van der Waals surface area contributed by atoms with Crippen molar-refractivity contribution in [2.75, 3.05) is 26.1 Å². The normalized spacial score (nSPS) is 10.9. The minimum Gasteiger partial charge on any atom is -0.495 e. The highest BCUT2D eigenvalue weighted by Gasteiger charge is 2.33. The van der Waals surface area contributed by atoms with Crippen LogP contribution in [0, 0.1) is 6.92 Å². The van der Waals surface area contributed by atoms with Crippen LogP contribution in [0.15, 0.2) is 28.5 Å². The van der Waals surface area contributed by atoms with Gasteiger partial charge in [-0.15, -0.1) is 11.3 Å². The molecule has 0 aliphatic carbocycles. The maximum atomic E-state index is 12.9. The summed E-state index contributed by atoms with van der Waals surface area (Å²) in [5.74, 6) is -1.30. The number of nitrogens with one attached hydrogen (secondary N) is 1. The summed E-state index contributed by atoms with van der Waals surface area (Å²) >= 11 is 0.636. The second kappa shape index (κ2) is 7.75. The number of anilines is 1. The lowest BCUT2D eigenvalue weighted by Gasteiger charge is -2.11. The van der Waals surface area contributed by atoms with Crippen LogP contribution in [-0.2, 0) is 19.5 Å². The molecule has 2 rings (SSSR count). The molecule has 0 fully saturated rings. The van der Waals surface area contributed by atoms with Gasteiger partial charge in [-0.3, -0.25) is 4.72 Å². The predicted octanol–water partition coefficient (Wildman–Crippen LogP) is 2.44. The fraction of sp³-hybridized carbons (Fsp3) is 0.250. The molecule has 0 spiro atoms. The van der Waals surface area contributed by atoms with Gasteiger partial charge in [-0.1, -0.05) is 12.1 Å². The summed E-state index contributed by atoms with van der Waals surface area (Å²) in [6.45, 7) is 1.46. The third-order valence-electron chi connectivity index (χ3n) is 3.47. The van der Waals surface area contributed by atoms with E-state index in [2.05, 4.69) is 14.2 Å². The largest absolute Gasteiger partial charge is 0.495 e. The molecule has 0 radical (unpaired) electrons. The van der Waals surface area contributed by atoms with E-state index in [-0.39, 0.29) is 25.9 Å². The van der Waals surface area contributed by atoms with Crippen LogP contribution >= 0.6 is 11.3 Å². The first kappa shape index (κ1) is 19.7. The van der Waals surface area contributed by atoms with Crippen molar-refractivity contribution < 1.29 is 32.2 Å². The average Bonchev–Trinajstić information content (AvgIpc) is 2.98. The van der Waals surface area contributed by atoms with E-state index in [9.17, 15) is 18.0 Å². The SMILES string of the molecule is COC(=O)c1sc(S(=O)(=O)Nc2ccccc2OC)c(C(=O)OC)c1C. The summed E-state index contributed by atoms with van der Waals surface area (Å²) in [6, 6.07) is 6.40. The van der Waals surface area contributed by atoms with Gasteiger partial charge in [0.15, 0.2) is 4.21 Å². The van der Waals surface area contributed by atoms with Crippen molar-refractivity contribution in [2.24, 2.45) is 0 Å². The lowest BCUT2D eigenvalue weighted by molar-refractivity contribution is 0.0596. The first-order valence-corrected chi connectivity index (χ1v) is 9.52. The number of carbonyl (C=O) groups excluding carboxylic acids is 2. The molecule has 0 atom stereocenters. The van der Waals surface area contributed by atoms with E-state index in [1.165, 1.54) is 27.2 Å². The third kappa shape index (κ3) is 3.65. The number of methoxy groups -OCH3 is 3. The maximum absolute atomic E-state index is 12.9. The lowest BCUT2D eigenvalue weighted by Crippen LogP contribution is -2.16. The van der Waals surface area contributed by atoms with Gasteiger partial charge in [-0.25, -0.2) is 18.0 Å². The molecule has 0 bridgehead atoms. The Balaban J connectivity index is 2.61. The highest BCUT2D eigenvalue weighted by Crippen LogP contribution is 2.35. The number of thiophene rings is 1. The Bertz CT molecular complexity index is 948. The molecule has 1 N–H and O–H groups in total. The van der Waals surface area contributed by atoms with Crippen LogP contribution in [0.25, 0.3) is 0 Å². The van der Waals surface area contributed by atoms with E-state index >= 15 is 0 Å². The number of carbonyl (C=O) groups is 2. The Kier molecular flexibility index (Phi) is 5.88. The fourth-order valence-electron chi connectivity index (χ4n) is 2.22. The summed E-state index contributed by atoms with van der Waals surface area (Å²) in [4.78, 5) is 24.0. The molecule has 10 heteroatoms. The van der Waals surface area contributed by atoms with Gasteiger partial charge in [0, 0.05) is 0 Å². The zero-order valence-electron chi connectivity index (χ0n) is 14.5. The molecule has 1 aromatic carbocycles. The number of hydrogen-bond donors (Lipinski definition) is 1. The van der Waals surface area contributed by atoms with Crippen molar-refractivity contribution in [2.45, 2.75) is 11.1 Å². The van der Waals surface area contributed by atoms with Gasteiger partial charge < -0.3 is 14.2 Å². The van der Waals surface area contributed by atoms with E-state index in [0.29, 0.717) is 17.1 Å². The summed E-state index contributed by atoms with van der Waals surface area (Å²) in [6.07, 6.45) is 0. The van der Waals surface area contributed by atoms with Gasteiger partial charge in [0.1, 0.15) is 10.6 Å². The van der Waals surface area contributed by atoms with Crippen LogP contribution in [-0.4, -0.2) is 41.7 Å². The molecular weight excluding hydrogens is 382 g/mol. The minimum atomic E-state index is -4.20. The van der Waals surface area contributed by atoms with Gasteiger partial charge in [0.2, 0.25) is 0 Å². The average molecular weight is 399 g/mol. The Morgan fingerprint density at radius 3 is 2.23 bits per heavy atom. The van der Waals surface area contributed by atoms with E-state index < -0.39 is 22.0 Å². The van der Waals surface area contributed by atoms with Crippen LogP contribution in [0.4, 0.5) is 5.69 Å². The van der Waals surface area contributed by atoms with Crippen molar-refractivity contribution in [3.8, 4) is 5.75 Å².